The van der Waals surface area contributed by atoms with E-state index in [1.165, 1.54) is 0 Å². The van der Waals surface area contributed by atoms with E-state index in [1.807, 2.05) is 33.1 Å². The average molecular weight is 241 g/mol. The molecule has 0 saturated carbocycles. The molecular weight excluding hydrogens is 222 g/mol. The Morgan fingerprint density at radius 3 is 2.69 bits per heavy atom. The zero-order chi connectivity index (χ0) is 12.2. The van der Waals surface area contributed by atoms with Gasteiger partial charge < -0.3 is 10.6 Å². The van der Waals surface area contributed by atoms with Gasteiger partial charge in [0.2, 0.25) is 5.91 Å². The number of rotatable bonds is 4. The van der Waals surface area contributed by atoms with Crippen LogP contribution in [0.1, 0.15) is 31.5 Å². The molecule has 0 aliphatic heterocycles. The predicted octanol–water partition coefficient (Wildman–Crippen LogP) is 1.46. The van der Waals surface area contributed by atoms with E-state index >= 15 is 0 Å². The van der Waals surface area contributed by atoms with Crippen LogP contribution in [0.15, 0.2) is 5.38 Å². The highest BCUT2D eigenvalue weighted by Crippen LogP contribution is 2.07. The van der Waals surface area contributed by atoms with E-state index < -0.39 is 0 Å². The molecule has 5 heteroatoms. The van der Waals surface area contributed by atoms with E-state index in [1.54, 1.807) is 11.3 Å². The fourth-order valence-corrected chi connectivity index (χ4v) is 1.97. The molecule has 0 fully saturated rings. The second kappa shape index (κ2) is 5.41. The summed E-state index contributed by atoms with van der Waals surface area (Å²) in [6, 6.07) is 0. The van der Waals surface area contributed by atoms with Crippen LogP contribution in [0.4, 0.5) is 0 Å². The number of hydrogen-bond donors (Lipinski definition) is 2. The molecule has 2 N–H and O–H groups in total. The van der Waals surface area contributed by atoms with Gasteiger partial charge in [0.15, 0.2) is 0 Å². The van der Waals surface area contributed by atoms with Crippen molar-refractivity contribution in [1.29, 1.82) is 0 Å². The first kappa shape index (κ1) is 13.1. The monoisotopic (exact) mass is 241 g/mol. The quantitative estimate of drug-likeness (QED) is 0.839. The van der Waals surface area contributed by atoms with Crippen LogP contribution in [0.2, 0.25) is 0 Å². The van der Waals surface area contributed by atoms with Crippen molar-refractivity contribution >= 4 is 17.2 Å². The number of hydrogen-bond acceptors (Lipinski definition) is 4. The number of carbonyl (C=O) groups excluding carboxylic acids is 1. The fraction of sp³-hybridized carbons (Fsp3) is 0.636. The topological polar surface area (TPSA) is 54.0 Å². The number of aryl methyl sites for hydroxylation is 1. The maximum Gasteiger partial charge on any atom is 0.234 e. The normalized spacial score (nSPS) is 11.5. The Kier molecular flexibility index (Phi) is 4.44. The summed E-state index contributed by atoms with van der Waals surface area (Å²) < 4.78 is 0. The third-order valence-corrected chi connectivity index (χ3v) is 2.71. The second-order valence-electron chi connectivity index (χ2n) is 4.78. The zero-order valence-electron chi connectivity index (χ0n) is 10.3. The van der Waals surface area contributed by atoms with Gasteiger partial charge >= 0.3 is 0 Å². The number of nitrogens with one attached hydrogen (secondary N) is 2. The van der Waals surface area contributed by atoms with Gasteiger partial charge in [-0.05, 0) is 27.7 Å². The third-order valence-electron chi connectivity index (χ3n) is 1.74. The first-order valence-electron chi connectivity index (χ1n) is 5.29. The molecule has 1 amide bonds. The largest absolute Gasteiger partial charge is 0.350 e. The number of nitrogens with zero attached hydrogens (tertiary/aromatic N) is 1. The molecule has 0 aliphatic carbocycles. The van der Waals surface area contributed by atoms with E-state index in [2.05, 4.69) is 15.6 Å². The van der Waals surface area contributed by atoms with Gasteiger partial charge in [0.25, 0.3) is 0 Å². The van der Waals surface area contributed by atoms with Gasteiger partial charge in [-0.1, -0.05) is 0 Å². The summed E-state index contributed by atoms with van der Waals surface area (Å²) in [5, 5.41) is 8.99. The second-order valence-corrected chi connectivity index (χ2v) is 5.73. The van der Waals surface area contributed by atoms with Crippen molar-refractivity contribution in [1.82, 2.24) is 15.6 Å². The van der Waals surface area contributed by atoms with Crippen molar-refractivity contribution in [3.63, 3.8) is 0 Å². The van der Waals surface area contributed by atoms with Crippen LogP contribution < -0.4 is 10.6 Å². The minimum atomic E-state index is -0.170. The molecule has 4 nitrogen and oxygen atoms in total. The number of aromatic nitrogens is 1. The summed E-state index contributed by atoms with van der Waals surface area (Å²) in [7, 11) is 0. The van der Waals surface area contributed by atoms with E-state index in [0.717, 1.165) is 10.7 Å². The molecule has 1 heterocycles. The van der Waals surface area contributed by atoms with Crippen LogP contribution in [-0.2, 0) is 11.3 Å². The molecular formula is C11H19N3OS. The molecule has 0 aliphatic rings. The summed E-state index contributed by atoms with van der Waals surface area (Å²) in [5.74, 6) is 0.0146. The Bertz CT molecular complexity index is 354. The van der Waals surface area contributed by atoms with Gasteiger partial charge in [0.1, 0.15) is 5.01 Å². The average Bonchev–Trinajstić information content (AvgIpc) is 2.48. The number of carbonyl (C=O) groups is 1. The molecule has 1 aromatic heterocycles. The van der Waals surface area contributed by atoms with Crippen LogP contribution in [0.25, 0.3) is 0 Å². The Balaban J connectivity index is 2.23. The number of thiazole rings is 1. The lowest BCUT2D eigenvalue weighted by Gasteiger charge is -2.20. The van der Waals surface area contributed by atoms with E-state index in [-0.39, 0.29) is 11.4 Å². The minimum absolute atomic E-state index is 0.0146. The maximum absolute atomic E-state index is 11.5. The van der Waals surface area contributed by atoms with Crippen LogP contribution >= 0.6 is 11.3 Å². The molecule has 1 rings (SSSR count). The van der Waals surface area contributed by atoms with Crippen molar-refractivity contribution in [2.75, 3.05) is 6.54 Å². The van der Waals surface area contributed by atoms with Gasteiger partial charge in [0.05, 0.1) is 6.54 Å². The summed E-state index contributed by atoms with van der Waals surface area (Å²) in [5.41, 5.74) is 0.859. The Morgan fingerprint density at radius 2 is 2.19 bits per heavy atom. The van der Waals surface area contributed by atoms with E-state index in [0.29, 0.717) is 13.1 Å². The van der Waals surface area contributed by atoms with Crippen molar-refractivity contribution in [2.24, 2.45) is 0 Å². The lowest BCUT2D eigenvalue weighted by atomic mass is 10.1. The van der Waals surface area contributed by atoms with Crippen molar-refractivity contribution < 1.29 is 4.79 Å². The van der Waals surface area contributed by atoms with Crippen molar-refractivity contribution in [3.05, 3.63) is 16.1 Å². The highest BCUT2D eigenvalue weighted by molar-refractivity contribution is 7.09. The molecule has 0 atom stereocenters. The predicted molar refractivity (Wildman–Crippen MR) is 66.5 cm³/mol. The first-order valence-corrected chi connectivity index (χ1v) is 6.17. The summed E-state index contributed by atoms with van der Waals surface area (Å²) in [6.07, 6.45) is 0. The highest BCUT2D eigenvalue weighted by Gasteiger charge is 2.12. The maximum atomic E-state index is 11.5. The molecule has 0 radical (unpaired) electrons. The SMILES string of the molecule is Cc1csc(CNCC(=O)NC(C)(C)C)n1. The molecule has 0 spiro atoms. The van der Waals surface area contributed by atoms with E-state index in [9.17, 15) is 4.79 Å². The zero-order valence-corrected chi connectivity index (χ0v) is 11.1. The van der Waals surface area contributed by atoms with Crippen LogP contribution in [0.5, 0.6) is 0 Å². The summed E-state index contributed by atoms with van der Waals surface area (Å²) in [4.78, 5) is 15.8. The molecule has 0 bridgehead atoms. The Morgan fingerprint density at radius 1 is 1.50 bits per heavy atom. The molecule has 0 aromatic carbocycles. The van der Waals surface area contributed by atoms with Gasteiger partial charge in [-0.2, -0.15) is 0 Å². The van der Waals surface area contributed by atoms with Crippen LogP contribution in [0.3, 0.4) is 0 Å². The summed E-state index contributed by atoms with van der Waals surface area (Å²) in [6.45, 7) is 8.84. The van der Waals surface area contributed by atoms with Gasteiger partial charge in [-0.3, -0.25) is 4.79 Å². The smallest absolute Gasteiger partial charge is 0.234 e. The molecule has 16 heavy (non-hydrogen) atoms. The Hall–Kier alpha value is -0.940. The third kappa shape index (κ3) is 5.23. The van der Waals surface area contributed by atoms with Gasteiger partial charge in [0, 0.05) is 23.2 Å². The standard InChI is InChI=1S/C11H19N3OS/c1-8-7-16-10(13-8)6-12-5-9(15)14-11(2,3)4/h7,12H,5-6H2,1-4H3,(H,14,15). The van der Waals surface area contributed by atoms with Crippen molar-refractivity contribution in [3.8, 4) is 0 Å². The van der Waals surface area contributed by atoms with Crippen molar-refractivity contribution in [2.45, 2.75) is 39.8 Å². The first-order chi connectivity index (χ1) is 7.37. The van der Waals surface area contributed by atoms with Gasteiger partial charge in [-0.15, -0.1) is 11.3 Å². The molecule has 0 unspecified atom stereocenters. The van der Waals surface area contributed by atoms with Crippen LogP contribution in [-0.4, -0.2) is 23.0 Å². The minimum Gasteiger partial charge on any atom is -0.350 e. The van der Waals surface area contributed by atoms with Gasteiger partial charge in [-0.25, -0.2) is 4.98 Å². The fourth-order valence-electron chi connectivity index (χ4n) is 1.23. The highest BCUT2D eigenvalue weighted by atomic mass is 32.1. The molecule has 0 saturated heterocycles. The number of amides is 1. The lowest BCUT2D eigenvalue weighted by molar-refractivity contribution is -0.121. The lowest BCUT2D eigenvalue weighted by Crippen LogP contribution is -2.44. The molecule has 90 valence electrons. The summed E-state index contributed by atoms with van der Waals surface area (Å²) >= 11 is 1.61. The van der Waals surface area contributed by atoms with Crippen LogP contribution in [0, 0.1) is 6.92 Å². The Labute approximate surface area is 100 Å². The van der Waals surface area contributed by atoms with E-state index in [4.69, 9.17) is 0 Å². The molecule has 1 aromatic rings.